The van der Waals surface area contributed by atoms with Crippen LogP contribution in [0.2, 0.25) is 0 Å². The van der Waals surface area contributed by atoms with Crippen molar-refractivity contribution < 1.29 is 40.7 Å². The van der Waals surface area contributed by atoms with Gasteiger partial charge in [0.1, 0.15) is 12.3 Å². The molecule has 11 rings (SSSR count). The van der Waals surface area contributed by atoms with E-state index in [1.54, 1.807) is 18.5 Å². The second kappa shape index (κ2) is 7.51. The molecule has 1 spiro atoms. The minimum atomic E-state index is -0.885. The molecule has 3 saturated heterocycles. The number of carbonyl (C=O) groups is 3. The normalized spacial score (nSPS) is 40.8. The van der Waals surface area contributed by atoms with Crippen LogP contribution in [0.15, 0.2) is 36.8 Å². The number of carbonyl (C=O) groups excluding carboxylic acids is 3. The number of aliphatic hydroxyl groups is 1. The van der Waals surface area contributed by atoms with E-state index in [-0.39, 0.29) is 23.3 Å². The summed E-state index contributed by atoms with van der Waals surface area (Å²) >= 11 is 0.292. The Hall–Kier alpha value is -3.26. The topological polar surface area (TPSA) is 133 Å². The Morgan fingerprint density at radius 3 is 2.74 bits per heavy atom. The van der Waals surface area contributed by atoms with Gasteiger partial charge in [0.2, 0.25) is 5.91 Å². The second-order valence-electron chi connectivity index (χ2n) is 13.7. The van der Waals surface area contributed by atoms with Gasteiger partial charge >= 0.3 is 144 Å². The van der Waals surface area contributed by atoms with Crippen molar-refractivity contribution in [2.75, 3.05) is 23.3 Å². The van der Waals surface area contributed by atoms with Gasteiger partial charge in [0.15, 0.2) is 0 Å². The Morgan fingerprint density at radius 1 is 1.12 bits per heavy atom. The zero-order valence-corrected chi connectivity index (χ0v) is 25.3. The Kier molecular flexibility index (Phi) is 4.21. The molecule has 9 atom stereocenters. The quantitative estimate of drug-likeness (QED) is 0.222. The van der Waals surface area contributed by atoms with E-state index in [0.717, 1.165) is 68.0 Å². The summed E-state index contributed by atoms with van der Waals surface area (Å²) in [7, 11) is 0. The molecule has 4 saturated carbocycles. The molecule has 1 aromatic carbocycles. The zero-order chi connectivity index (χ0) is 28.6. The van der Waals surface area contributed by atoms with Crippen LogP contribution in [0, 0.1) is 28.6 Å². The van der Waals surface area contributed by atoms with Crippen LogP contribution in [-0.2, 0) is 9.59 Å². The number of hydrogen-bond donors (Lipinski definition) is 3. The van der Waals surface area contributed by atoms with Crippen molar-refractivity contribution in [1.82, 2.24) is 25.0 Å². The van der Waals surface area contributed by atoms with Gasteiger partial charge in [-0.25, -0.2) is 4.98 Å². The van der Waals surface area contributed by atoms with Crippen LogP contribution < -0.4 is 36.7 Å². The van der Waals surface area contributed by atoms with E-state index >= 15 is 0 Å². The van der Waals surface area contributed by atoms with Gasteiger partial charge in [-0.2, -0.15) is 0 Å². The first-order valence-electron chi connectivity index (χ1n) is 15.4. The van der Waals surface area contributed by atoms with Gasteiger partial charge in [0.05, 0.1) is 17.4 Å². The molecule has 0 radical (unpaired) electrons. The fourth-order valence-electron chi connectivity index (χ4n) is 10.5. The van der Waals surface area contributed by atoms with Crippen LogP contribution in [0.25, 0.3) is 10.8 Å². The average Bonchev–Trinajstić information content (AvgIpc) is 3.66. The Balaban J connectivity index is 0.809. The van der Waals surface area contributed by atoms with Gasteiger partial charge in [-0.15, -0.1) is 0 Å². The third-order valence-electron chi connectivity index (χ3n) is 12.3. The Labute approximate surface area is 256 Å². The van der Waals surface area contributed by atoms with Crippen molar-refractivity contribution in [3.8, 4) is 0 Å². The second-order valence-corrected chi connectivity index (χ2v) is 17.2. The molecule has 11 nitrogen and oxygen atoms in total. The summed E-state index contributed by atoms with van der Waals surface area (Å²) in [5, 5.41) is 22.0. The minimum absolute atomic E-state index is 0.138. The van der Waals surface area contributed by atoms with Crippen LogP contribution >= 0.6 is 0 Å². The number of rotatable bonds is 5. The summed E-state index contributed by atoms with van der Waals surface area (Å²) in [6.45, 7) is 1.64. The van der Waals surface area contributed by atoms with E-state index in [1.165, 1.54) is 4.90 Å². The van der Waals surface area contributed by atoms with E-state index in [4.69, 9.17) is 0 Å². The first-order chi connectivity index (χ1) is 21.0. The number of benzene rings is 1. The van der Waals surface area contributed by atoms with Crippen molar-refractivity contribution >= 4 is 45.7 Å². The van der Waals surface area contributed by atoms with Gasteiger partial charge in [-0.1, -0.05) is 12.1 Å². The van der Waals surface area contributed by atoms with Gasteiger partial charge in [0, 0.05) is 10.8 Å². The third-order valence-corrected chi connectivity index (χ3v) is 17.2. The number of halogens is 1. The molecule has 3 amide bonds. The van der Waals surface area contributed by atoms with Gasteiger partial charge < -0.3 is 10.4 Å². The Bertz CT molecular complexity index is 1850. The third kappa shape index (κ3) is 2.50. The molecule has 8 aliphatic rings. The van der Waals surface area contributed by atoms with Crippen LogP contribution in [-0.4, -0.2) is 75.7 Å². The molecule has 0 bridgehead atoms. The largest absolute Gasteiger partial charge is 0.236 e. The van der Waals surface area contributed by atoms with E-state index in [1.807, 2.05) is 23.0 Å². The number of pyridine rings is 1. The van der Waals surface area contributed by atoms with E-state index in [2.05, 4.69) is 25.6 Å². The number of amides is 3. The summed E-state index contributed by atoms with van der Waals surface area (Å²) in [5.74, 6) is 3.29. The predicted octanol–water partition coefficient (Wildman–Crippen LogP) is -1.39. The number of piperidine rings is 2. The first kappa shape index (κ1) is 24.1. The maximum Gasteiger partial charge on any atom is 0.0720 e. The van der Waals surface area contributed by atoms with Crippen molar-refractivity contribution in [1.29, 1.82) is 0 Å². The molecule has 4 aliphatic carbocycles. The number of likely N-dealkylation sites (tertiary alicyclic amines) is 1. The number of nitrogens with one attached hydrogen (secondary N) is 2. The standard InChI is InChI=1S/C31H29IN7O4/c40-19-5-4-17(27(41)36-19)39-18-11-33-26(15-2-1-3-16(20(15)18)28(39)42)35-13-10-34-38(12-13)14-6-8-37(9-7-14)29(43)31-24-21-23-22(25(31)32-23)30(21,24)31/h1-3,10-12,14,17,19,21-25,40H,4-9H2,(H,33,35)(H,36,41)/q-1. The number of aromatic nitrogens is 3. The predicted molar refractivity (Wildman–Crippen MR) is 149 cm³/mol. The number of anilines is 3. The maximum atomic E-state index is 13.6. The van der Waals surface area contributed by atoms with Gasteiger partial charge in [-0.05, 0) is 18.9 Å². The van der Waals surface area contributed by atoms with E-state index in [0.29, 0.717) is 62.4 Å². The molecule has 4 aliphatic heterocycles. The SMILES string of the molecule is O=C1NC(O)CCC1N1C(=O)c2cccc3c(Nc4cnn(C5CCN(C(=O)C67C8[I-]C9C8C68C9C78)CC5)c4)ncc1c23. The van der Waals surface area contributed by atoms with Crippen LogP contribution in [0.1, 0.15) is 42.1 Å². The molecule has 12 heteroatoms. The van der Waals surface area contributed by atoms with Gasteiger partial charge in [-0.3, -0.25) is 14.5 Å². The molecule has 220 valence electrons. The van der Waals surface area contributed by atoms with Crippen molar-refractivity contribution in [2.45, 2.75) is 51.8 Å². The first-order valence-corrected chi connectivity index (χ1v) is 17.9. The number of hydrogen-bond acceptors (Lipinski definition) is 7. The summed E-state index contributed by atoms with van der Waals surface area (Å²) in [4.78, 5) is 48.1. The van der Waals surface area contributed by atoms with E-state index < -0.39 is 12.3 Å². The van der Waals surface area contributed by atoms with Crippen molar-refractivity contribution in [3.05, 3.63) is 42.4 Å². The maximum absolute atomic E-state index is 13.6. The van der Waals surface area contributed by atoms with Crippen LogP contribution in [0.5, 0.6) is 0 Å². The molecule has 3 aromatic rings. The summed E-state index contributed by atoms with van der Waals surface area (Å²) in [6, 6.07) is 5.12. The summed E-state index contributed by atoms with van der Waals surface area (Å²) in [6.07, 6.45) is 7.17. The monoisotopic (exact) mass is 690 g/mol. The zero-order valence-electron chi connectivity index (χ0n) is 23.1. The van der Waals surface area contributed by atoms with Gasteiger partial charge in [0.25, 0.3) is 5.91 Å². The minimum Gasteiger partial charge on any atom is -0.236 e. The molecule has 9 unspecified atom stereocenters. The fraction of sp³-hybridized carbons (Fsp3) is 0.516. The molecule has 43 heavy (non-hydrogen) atoms. The number of alkyl halides is 2. The molecular formula is C31H29IN7O4-. The van der Waals surface area contributed by atoms with Crippen molar-refractivity contribution in [3.63, 3.8) is 0 Å². The number of nitrogens with zero attached hydrogens (tertiary/aromatic N) is 5. The smallest absolute Gasteiger partial charge is 0.0720 e. The van der Waals surface area contributed by atoms with Crippen molar-refractivity contribution in [2.24, 2.45) is 28.6 Å². The average molecular weight is 691 g/mol. The molecule has 7 fully saturated rings. The Morgan fingerprint density at radius 2 is 1.98 bits per heavy atom. The summed E-state index contributed by atoms with van der Waals surface area (Å²) in [5.41, 5.74) is 2.64. The molecule has 2 aromatic heterocycles. The van der Waals surface area contributed by atoms with E-state index in [9.17, 15) is 19.5 Å². The molecular weight excluding hydrogens is 661 g/mol. The number of aliphatic hydroxyl groups excluding tert-OH is 1. The molecule has 6 heterocycles. The molecule has 3 N–H and O–H groups in total. The van der Waals surface area contributed by atoms with Crippen LogP contribution in [0.3, 0.4) is 0 Å². The van der Waals surface area contributed by atoms with Crippen LogP contribution in [0.4, 0.5) is 17.2 Å². The summed E-state index contributed by atoms with van der Waals surface area (Å²) < 4.78 is 3.95. The number of fused-ring (bicyclic) bond motifs is 4. The fourth-order valence-corrected chi connectivity index (χ4v) is 16.8.